The molecule has 0 aliphatic carbocycles. The molecule has 2 N–H and O–H groups in total. The average Bonchev–Trinajstić information content (AvgIpc) is 3.13. The van der Waals surface area contributed by atoms with Gasteiger partial charge in [-0.25, -0.2) is 4.79 Å². The van der Waals surface area contributed by atoms with Crippen molar-refractivity contribution in [2.45, 2.75) is 38.5 Å². The van der Waals surface area contributed by atoms with Crippen LogP contribution in [0.25, 0.3) is 10.8 Å². The first-order chi connectivity index (χ1) is 13.3. The number of rotatable bonds is 5. The van der Waals surface area contributed by atoms with Crippen LogP contribution in [0.1, 0.15) is 24.8 Å². The Labute approximate surface area is 158 Å². The van der Waals surface area contributed by atoms with Gasteiger partial charge in [-0.05, 0) is 35.6 Å². The van der Waals surface area contributed by atoms with Gasteiger partial charge in [0, 0.05) is 19.3 Å². The zero-order valence-electron chi connectivity index (χ0n) is 15.2. The molecule has 1 unspecified atom stereocenters. The average molecular weight is 364 g/mol. The molecule has 3 aromatic rings. The summed E-state index contributed by atoms with van der Waals surface area (Å²) in [6, 6.07) is 14.0. The molecule has 1 aliphatic heterocycles. The van der Waals surface area contributed by atoms with E-state index in [2.05, 4.69) is 33.9 Å². The Kier molecular flexibility index (Phi) is 5.34. The lowest BCUT2D eigenvalue weighted by atomic mass is 10.0. The van der Waals surface area contributed by atoms with Gasteiger partial charge in [0.05, 0.1) is 24.5 Å². The molecule has 0 bridgehead atoms. The second-order valence-corrected chi connectivity index (χ2v) is 6.89. The molecule has 0 spiro atoms. The number of carbonyl (C=O) groups is 1. The molecule has 1 fully saturated rings. The summed E-state index contributed by atoms with van der Waals surface area (Å²) in [6.45, 7) is 2.02. The maximum atomic E-state index is 12.2. The number of benzene rings is 2. The van der Waals surface area contributed by atoms with E-state index in [4.69, 9.17) is 4.74 Å². The molecule has 1 saturated heterocycles. The van der Waals surface area contributed by atoms with Gasteiger partial charge in [0.2, 0.25) is 0 Å². The number of hydrogen-bond acceptors (Lipinski definition) is 3. The van der Waals surface area contributed by atoms with E-state index in [1.807, 2.05) is 35.1 Å². The van der Waals surface area contributed by atoms with Gasteiger partial charge in [-0.2, -0.15) is 5.10 Å². The minimum Gasteiger partial charge on any atom is -0.376 e. The number of aromatic nitrogens is 2. The van der Waals surface area contributed by atoms with Crippen LogP contribution >= 0.6 is 0 Å². The number of amides is 2. The molecule has 27 heavy (non-hydrogen) atoms. The molecule has 4 rings (SSSR count). The van der Waals surface area contributed by atoms with Crippen molar-refractivity contribution < 1.29 is 9.53 Å². The lowest BCUT2D eigenvalue weighted by Gasteiger charge is -2.22. The molecule has 2 amide bonds. The summed E-state index contributed by atoms with van der Waals surface area (Å²) in [7, 11) is 0. The Morgan fingerprint density at radius 1 is 1.19 bits per heavy atom. The Bertz CT molecular complexity index is 910. The van der Waals surface area contributed by atoms with Gasteiger partial charge in [0.25, 0.3) is 0 Å². The van der Waals surface area contributed by atoms with Crippen LogP contribution in [0.3, 0.4) is 0 Å². The highest BCUT2D eigenvalue weighted by Crippen LogP contribution is 2.18. The molecule has 0 saturated carbocycles. The van der Waals surface area contributed by atoms with E-state index in [1.54, 1.807) is 6.20 Å². The molecule has 1 aliphatic rings. The predicted molar refractivity (Wildman–Crippen MR) is 106 cm³/mol. The summed E-state index contributed by atoms with van der Waals surface area (Å²) in [5.41, 5.74) is 1.77. The van der Waals surface area contributed by atoms with Gasteiger partial charge < -0.3 is 15.4 Å². The summed E-state index contributed by atoms with van der Waals surface area (Å²) in [6.07, 6.45) is 7.13. The zero-order chi connectivity index (χ0) is 18.5. The molecule has 2 heterocycles. The van der Waals surface area contributed by atoms with Crippen molar-refractivity contribution >= 4 is 22.5 Å². The highest BCUT2D eigenvalue weighted by Gasteiger charge is 2.15. The number of fused-ring (bicyclic) bond motifs is 1. The van der Waals surface area contributed by atoms with Crippen molar-refractivity contribution in [1.29, 1.82) is 0 Å². The number of urea groups is 1. The summed E-state index contributed by atoms with van der Waals surface area (Å²) in [5, 5.41) is 12.4. The van der Waals surface area contributed by atoms with Crippen molar-refractivity contribution in [1.82, 2.24) is 15.1 Å². The quantitative estimate of drug-likeness (QED) is 0.721. The summed E-state index contributed by atoms with van der Waals surface area (Å²) in [5.74, 6) is 0. The highest BCUT2D eigenvalue weighted by atomic mass is 16.5. The Morgan fingerprint density at radius 3 is 2.96 bits per heavy atom. The maximum absolute atomic E-state index is 12.2. The Hall–Kier alpha value is -2.86. The first-order valence-electron chi connectivity index (χ1n) is 9.43. The number of carbonyl (C=O) groups excluding carboxylic acids is 1. The molecule has 2 aromatic carbocycles. The second-order valence-electron chi connectivity index (χ2n) is 6.89. The van der Waals surface area contributed by atoms with Crippen LogP contribution in [0.15, 0.2) is 54.9 Å². The van der Waals surface area contributed by atoms with Crippen LogP contribution in [0, 0.1) is 0 Å². The zero-order valence-corrected chi connectivity index (χ0v) is 15.2. The van der Waals surface area contributed by atoms with Crippen molar-refractivity contribution in [2.75, 3.05) is 11.9 Å². The second kappa shape index (κ2) is 8.22. The minimum atomic E-state index is -0.239. The standard InChI is InChI=1S/C21H24N4O2/c26-21(22-12-17-8-5-7-16-6-1-2-10-20(16)17)24-18-13-23-25(14-18)15-19-9-3-4-11-27-19/h1-2,5-8,10,13-14,19H,3-4,9,11-12,15H2,(H2,22,24,26). The van der Waals surface area contributed by atoms with Crippen molar-refractivity contribution in [3.8, 4) is 0 Å². The predicted octanol–water partition coefficient (Wildman–Crippen LogP) is 3.93. The van der Waals surface area contributed by atoms with E-state index in [0.717, 1.165) is 36.9 Å². The summed E-state index contributed by atoms with van der Waals surface area (Å²) >= 11 is 0. The minimum absolute atomic E-state index is 0.215. The van der Waals surface area contributed by atoms with Crippen LogP contribution < -0.4 is 10.6 Å². The largest absolute Gasteiger partial charge is 0.376 e. The molecule has 6 heteroatoms. The number of nitrogens with one attached hydrogen (secondary N) is 2. The molecule has 1 atom stereocenters. The molecule has 6 nitrogen and oxygen atoms in total. The lowest BCUT2D eigenvalue weighted by molar-refractivity contribution is 0.00401. The molecular weight excluding hydrogens is 340 g/mol. The van der Waals surface area contributed by atoms with Crippen LogP contribution in [-0.4, -0.2) is 28.5 Å². The van der Waals surface area contributed by atoms with Gasteiger partial charge >= 0.3 is 6.03 Å². The van der Waals surface area contributed by atoms with Crippen LogP contribution in [0.4, 0.5) is 10.5 Å². The van der Waals surface area contributed by atoms with E-state index in [1.165, 1.54) is 11.8 Å². The number of nitrogens with zero attached hydrogens (tertiary/aromatic N) is 2. The van der Waals surface area contributed by atoms with Gasteiger partial charge in [0.15, 0.2) is 0 Å². The number of hydrogen-bond donors (Lipinski definition) is 2. The lowest BCUT2D eigenvalue weighted by Crippen LogP contribution is -2.28. The monoisotopic (exact) mass is 364 g/mol. The van der Waals surface area contributed by atoms with E-state index >= 15 is 0 Å². The van der Waals surface area contributed by atoms with E-state index < -0.39 is 0 Å². The molecular formula is C21H24N4O2. The Balaban J connectivity index is 1.31. The van der Waals surface area contributed by atoms with Gasteiger partial charge in [0.1, 0.15) is 0 Å². The fraction of sp³-hybridized carbons (Fsp3) is 0.333. The third-order valence-electron chi connectivity index (χ3n) is 4.88. The van der Waals surface area contributed by atoms with Crippen LogP contribution in [0.5, 0.6) is 0 Å². The normalized spacial score (nSPS) is 17.0. The molecule has 140 valence electrons. The van der Waals surface area contributed by atoms with E-state index in [0.29, 0.717) is 12.2 Å². The molecule has 0 radical (unpaired) electrons. The fourth-order valence-corrected chi connectivity index (χ4v) is 3.49. The smallest absolute Gasteiger partial charge is 0.319 e. The third-order valence-corrected chi connectivity index (χ3v) is 4.88. The van der Waals surface area contributed by atoms with Crippen LogP contribution in [0.2, 0.25) is 0 Å². The maximum Gasteiger partial charge on any atom is 0.319 e. The first kappa shape index (κ1) is 17.5. The third kappa shape index (κ3) is 4.46. The van der Waals surface area contributed by atoms with Gasteiger partial charge in [-0.3, -0.25) is 4.68 Å². The SMILES string of the molecule is O=C(NCc1cccc2ccccc12)Nc1cnn(CC2CCCCO2)c1. The molecule has 1 aromatic heterocycles. The van der Waals surface area contributed by atoms with Gasteiger partial charge in [-0.15, -0.1) is 0 Å². The van der Waals surface area contributed by atoms with E-state index in [9.17, 15) is 4.79 Å². The fourth-order valence-electron chi connectivity index (χ4n) is 3.49. The highest BCUT2D eigenvalue weighted by molar-refractivity contribution is 5.90. The topological polar surface area (TPSA) is 68.2 Å². The van der Waals surface area contributed by atoms with Crippen LogP contribution in [-0.2, 0) is 17.8 Å². The summed E-state index contributed by atoms with van der Waals surface area (Å²) in [4.78, 5) is 12.2. The van der Waals surface area contributed by atoms with Crippen molar-refractivity contribution in [3.05, 3.63) is 60.4 Å². The van der Waals surface area contributed by atoms with E-state index in [-0.39, 0.29) is 12.1 Å². The number of ether oxygens (including phenoxy) is 1. The Morgan fingerprint density at radius 2 is 2.07 bits per heavy atom. The number of anilines is 1. The van der Waals surface area contributed by atoms with Gasteiger partial charge in [-0.1, -0.05) is 42.5 Å². The van der Waals surface area contributed by atoms with Crippen molar-refractivity contribution in [2.24, 2.45) is 0 Å². The van der Waals surface area contributed by atoms with Crippen molar-refractivity contribution in [3.63, 3.8) is 0 Å². The summed E-state index contributed by atoms with van der Waals surface area (Å²) < 4.78 is 7.56. The first-order valence-corrected chi connectivity index (χ1v) is 9.43.